The standard InChI is InChI=1S/C18H22N2O6S/c1-12-17(10-16(26-12)18(21)25-3)27(22,23)20-9-8-19-11-14(20)13-6-4-5-7-15(13)24-2/h4-7,10,14,19H,8-9,11H2,1-3H3. The highest BCUT2D eigenvalue weighted by Gasteiger charge is 2.38. The highest BCUT2D eigenvalue weighted by atomic mass is 32.2. The number of esters is 1. The summed E-state index contributed by atoms with van der Waals surface area (Å²) < 4.78 is 43.5. The monoisotopic (exact) mass is 394 g/mol. The molecule has 1 saturated heterocycles. The molecule has 2 heterocycles. The Bertz CT molecular complexity index is 937. The first kappa shape index (κ1) is 19.4. The highest BCUT2D eigenvalue weighted by Crippen LogP contribution is 2.35. The number of benzene rings is 1. The van der Waals surface area contributed by atoms with Crippen molar-refractivity contribution in [2.75, 3.05) is 33.9 Å². The first-order chi connectivity index (χ1) is 12.9. The van der Waals surface area contributed by atoms with Crippen LogP contribution in [0.15, 0.2) is 39.6 Å². The van der Waals surface area contributed by atoms with E-state index in [1.807, 2.05) is 18.2 Å². The zero-order valence-electron chi connectivity index (χ0n) is 15.4. The number of carbonyl (C=O) groups is 1. The van der Waals surface area contributed by atoms with Crippen LogP contribution in [0.2, 0.25) is 0 Å². The Kier molecular flexibility index (Phi) is 5.54. The predicted molar refractivity (Wildman–Crippen MR) is 97.3 cm³/mol. The van der Waals surface area contributed by atoms with Crippen LogP contribution in [0.3, 0.4) is 0 Å². The third-order valence-corrected chi connectivity index (χ3v) is 6.55. The fraction of sp³-hybridized carbons (Fsp3) is 0.389. The number of aryl methyl sites for hydroxylation is 1. The molecule has 1 aromatic carbocycles. The fourth-order valence-corrected chi connectivity index (χ4v) is 5.00. The average molecular weight is 394 g/mol. The summed E-state index contributed by atoms with van der Waals surface area (Å²) in [5.74, 6) is -0.100. The molecule has 0 bridgehead atoms. The van der Waals surface area contributed by atoms with Gasteiger partial charge in [0.25, 0.3) is 0 Å². The average Bonchev–Trinajstić information content (AvgIpc) is 3.10. The molecule has 0 amide bonds. The van der Waals surface area contributed by atoms with Gasteiger partial charge in [-0.3, -0.25) is 0 Å². The van der Waals surface area contributed by atoms with Crippen LogP contribution >= 0.6 is 0 Å². The largest absolute Gasteiger partial charge is 0.496 e. The van der Waals surface area contributed by atoms with Crippen molar-refractivity contribution >= 4 is 16.0 Å². The lowest BCUT2D eigenvalue weighted by atomic mass is 10.0. The summed E-state index contributed by atoms with van der Waals surface area (Å²) in [6, 6.07) is 8.10. The summed E-state index contributed by atoms with van der Waals surface area (Å²) in [5.41, 5.74) is 0.769. The third-order valence-electron chi connectivity index (χ3n) is 4.54. The SMILES string of the molecule is COC(=O)c1cc(S(=O)(=O)N2CCNCC2c2ccccc2OC)c(C)o1. The molecule has 0 radical (unpaired) electrons. The molecule has 1 atom stereocenters. The number of methoxy groups -OCH3 is 2. The van der Waals surface area contributed by atoms with Gasteiger partial charge in [0.2, 0.25) is 15.8 Å². The number of sulfonamides is 1. The zero-order chi connectivity index (χ0) is 19.6. The Balaban J connectivity index is 2.04. The zero-order valence-corrected chi connectivity index (χ0v) is 16.2. The molecule has 1 unspecified atom stereocenters. The van der Waals surface area contributed by atoms with Crippen LogP contribution in [-0.4, -0.2) is 52.5 Å². The fourth-order valence-electron chi connectivity index (χ4n) is 3.23. The Morgan fingerprint density at radius 3 is 2.74 bits per heavy atom. The summed E-state index contributed by atoms with van der Waals surface area (Å²) in [7, 11) is -1.14. The molecule has 1 aliphatic rings. The van der Waals surface area contributed by atoms with Crippen molar-refractivity contribution in [3.8, 4) is 5.75 Å². The molecule has 146 valence electrons. The minimum absolute atomic E-state index is 0.0373. The third kappa shape index (κ3) is 3.58. The number of hydrogen-bond donors (Lipinski definition) is 1. The van der Waals surface area contributed by atoms with E-state index in [0.29, 0.717) is 18.8 Å². The summed E-state index contributed by atoms with van der Waals surface area (Å²) in [6.07, 6.45) is 0. The minimum Gasteiger partial charge on any atom is -0.496 e. The topological polar surface area (TPSA) is 98.1 Å². The van der Waals surface area contributed by atoms with E-state index in [4.69, 9.17) is 9.15 Å². The first-order valence-electron chi connectivity index (χ1n) is 8.44. The van der Waals surface area contributed by atoms with Gasteiger partial charge in [0.05, 0.1) is 20.3 Å². The molecule has 27 heavy (non-hydrogen) atoms. The second kappa shape index (κ2) is 7.71. The number of nitrogens with one attached hydrogen (secondary N) is 1. The number of piperazine rings is 1. The Morgan fingerprint density at radius 1 is 1.30 bits per heavy atom. The van der Waals surface area contributed by atoms with Gasteiger partial charge in [-0.25, -0.2) is 13.2 Å². The summed E-state index contributed by atoms with van der Waals surface area (Å²) in [5, 5.41) is 3.23. The second-order valence-electron chi connectivity index (χ2n) is 6.10. The van der Waals surface area contributed by atoms with E-state index in [1.54, 1.807) is 13.2 Å². The molecular formula is C18H22N2O6S. The van der Waals surface area contributed by atoms with Crippen LogP contribution in [0.4, 0.5) is 0 Å². The van der Waals surface area contributed by atoms with Crippen LogP contribution in [-0.2, 0) is 14.8 Å². The maximum atomic E-state index is 13.4. The summed E-state index contributed by atoms with van der Waals surface area (Å²) in [4.78, 5) is 11.7. The van der Waals surface area contributed by atoms with Gasteiger partial charge in [0.1, 0.15) is 16.4 Å². The first-order valence-corrected chi connectivity index (χ1v) is 9.88. The Labute approximate surface area is 158 Å². The van der Waals surface area contributed by atoms with Crippen molar-refractivity contribution in [2.24, 2.45) is 0 Å². The molecule has 3 rings (SSSR count). The molecule has 9 heteroatoms. The number of hydrogen-bond acceptors (Lipinski definition) is 7. The Morgan fingerprint density at radius 2 is 2.04 bits per heavy atom. The quantitative estimate of drug-likeness (QED) is 0.771. The van der Waals surface area contributed by atoms with Crippen molar-refractivity contribution < 1.29 is 27.1 Å². The van der Waals surface area contributed by atoms with E-state index in [-0.39, 0.29) is 23.0 Å². The molecule has 0 aliphatic carbocycles. The van der Waals surface area contributed by atoms with Gasteiger partial charge in [-0.2, -0.15) is 4.31 Å². The molecular weight excluding hydrogens is 372 g/mol. The molecule has 8 nitrogen and oxygen atoms in total. The maximum Gasteiger partial charge on any atom is 0.373 e. The second-order valence-corrected chi connectivity index (χ2v) is 7.96. The molecule has 1 fully saturated rings. The van der Waals surface area contributed by atoms with Crippen molar-refractivity contribution in [2.45, 2.75) is 17.9 Å². The molecule has 1 N–H and O–H groups in total. The molecule has 0 spiro atoms. The molecule has 0 saturated carbocycles. The van der Waals surface area contributed by atoms with E-state index in [0.717, 1.165) is 5.56 Å². The van der Waals surface area contributed by atoms with E-state index in [9.17, 15) is 13.2 Å². The number of rotatable bonds is 5. The van der Waals surface area contributed by atoms with Gasteiger partial charge in [0, 0.05) is 31.3 Å². The van der Waals surface area contributed by atoms with E-state index in [1.165, 1.54) is 24.4 Å². The number of carbonyl (C=O) groups excluding carboxylic acids is 1. The van der Waals surface area contributed by atoms with E-state index < -0.39 is 22.0 Å². The molecule has 1 aliphatic heterocycles. The molecule has 1 aromatic heterocycles. The van der Waals surface area contributed by atoms with Gasteiger partial charge in [-0.15, -0.1) is 0 Å². The Hall–Kier alpha value is -2.36. The van der Waals surface area contributed by atoms with Crippen molar-refractivity contribution in [3.63, 3.8) is 0 Å². The van der Waals surface area contributed by atoms with Gasteiger partial charge in [-0.1, -0.05) is 18.2 Å². The predicted octanol–water partition coefficient (Wildman–Crippen LogP) is 1.72. The highest BCUT2D eigenvalue weighted by molar-refractivity contribution is 7.89. The van der Waals surface area contributed by atoms with Gasteiger partial charge < -0.3 is 19.2 Å². The lowest BCUT2D eigenvalue weighted by molar-refractivity contribution is 0.0563. The van der Waals surface area contributed by atoms with Gasteiger partial charge in [-0.05, 0) is 13.0 Å². The van der Waals surface area contributed by atoms with Crippen LogP contribution in [0.5, 0.6) is 5.75 Å². The van der Waals surface area contributed by atoms with Crippen LogP contribution in [0.1, 0.15) is 27.9 Å². The lowest BCUT2D eigenvalue weighted by Crippen LogP contribution is -2.48. The van der Waals surface area contributed by atoms with Crippen LogP contribution in [0, 0.1) is 6.92 Å². The van der Waals surface area contributed by atoms with Crippen LogP contribution in [0.25, 0.3) is 0 Å². The lowest BCUT2D eigenvalue weighted by Gasteiger charge is -2.35. The molecule has 2 aromatic rings. The maximum absolute atomic E-state index is 13.4. The van der Waals surface area contributed by atoms with E-state index in [2.05, 4.69) is 10.1 Å². The van der Waals surface area contributed by atoms with E-state index >= 15 is 0 Å². The number of furan rings is 1. The minimum atomic E-state index is -3.90. The van der Waals surface area contributed by atoms with Gasteiger partial charge >= 0.3 is 5.97 Å². The van der Waals surface area contributed by atoms with Crippen molar-refractivity contribution in [3.05, 3.63) is 47.4 Å². The number of ether oxygens (including phenoxy) is 2. The smallest absolute Gasteiger partial charge is 0.373 e. The summed E-state index contributed by atoms with van der Waals surface area (Å²) in [6.45, 7) is 2.76. The number of nitrogens with zero attached hydrogens (tertiary/aromatic N) is 1. The normalized spacial score (nSPS) is 18.3. The summed E-state index contributed by atoms with van der Waals surface area (Å²) >= 11 is 0. The van der Waals surface area contributed by atoms with Crippen molar-refractivity contribution in [1.82, 2.24) is 9.62 Å². The van der Waals surface area contributed by atoms with Crippen molar-refractivity contribution in [1.29, 1.82) is 0 Å². The number of para-hydroxylation sites is 1. The van der Waals surface area contributed by atoms with Gasteiger partial charge in [0.15, 0.2) is 0 Å². The van der Waals surface area contributed by atoms with Crippen LogP contribution < -0.4 is 10.1 Å².